The molecule has 5 fully saturated rings. The van der Waals surface area contributed by atoms with Crippen molar-refractivity contribution < 1.29 is 31.8 Å². The Labute approximate surface area is 282 Å². The molecule has 11 nitrogen and oxygen atoms in total. The first-order valence-electron chi connectivity index (χ1n) is 16.8. The van der Waals surface area contributed by atoms with E-state index in [1.165, 1.54) is 28.6 Å². The first-order chi connectivity index (χ1) is 23.6. The van der Waals surface area contributed by atoms with E-state index >= 15 is 12.8 Å². The van der Waals surface area contributed by atoms with Crippen LogP contribution in [-0.2, 0) is 14.8 Å². The number of nitrogens with zero attached hydrogens (tertiary/aromatic N) is 5. The molecule has 6 aliphatic heterocycles. The minimum absolute atomic E-state index is 0.00511. The number of aromatic hydroxyl groups is 1. The summed E-state index contributed by atoms with van der Waals surface area (Å²) in [7, 11) is -4.36. The predicted octanol–water partition coefficient (Wildman–Crippen LogP) is 3.25. The van der Waals surface area contributed by atoms with Crippen LogP contribution in [0.5, 0.6) is 11.8 Å². The van der Waals surface area contributed by atoms with Gasteiger partial charge in [-0.25, -0.2) is 17.2 Å². The molecule has 2 bridgehead atoms. The molecule has 0 saturated carbocycles. The minimum atomic E-state index is -4.36. The number of rotatable bonds is 6. The number of alkyl halides is 1. The van der Waals surface area contributed by atoms with Gasteiger partial charge in [0, 0.05) is 49.1 Å². The lowest BCUT2D eigenvalue weighted by atomic mass is 9.95. The molecule has 9 rings (SSSR count). The number of fused-ring (bicyclic) bond motifs is 5. The van der Waals surface area contributed by atoms with Crippen molar-refractivity contribution in [3.8, 4) is 24.1 Å². The molecule has 2 unspecified atom stereocenters. The number of halogens is 2. The number of piperazine rings is 1. The first-order valence-corrected chi connectivity index (χ1v) is 18.3. The molecule has 14 heteroatoms. The van der Waals surface area contributed by atoms with Crippen molar-refractivity contribution in [2.45, 2.75) is 66.8 Å². The lowest BCUT2D eigenvalue weighted by Gasteiger charge is -2.42. The van der Waals surface area contributed by atoms with Crippen LogP contribution in [0, 0.1) is 18.2 Å². The SMILES string of the molecule is C#Cc1c(F)ccc2cc(O)cc(C3=Cc4nc(OC[C@@]56CCCN5C[C@H](F)C6)nc(N5CC6CCC(C5)N6)c4S(=O)(=O)N3C3COC3)c12. The topological polar surface area (TPSA) is 120 Å². The van der Waals surface area contributed by atoms with Gasteiger partial charge < -0.3 is 24.8 Å². The van der Waals surface area contributed by atoms with Gasteiger partial charge >= 0.3 is 6.01 Å². The molecule has 6 aliphatic rings. The van der Waals surface area contributed by atoms with E-state index in [2.05, 4.69) is 16.1 Å². The van der Waals surface area contributed by atoms with Crippen LogP contribution in [0.15, 0.2) is 29.2 Å². The van der Waals surface area contributed by atoms with E-state index in [1.54, 1.807) is 6.08 Å². The molecule has 7 heterocycles. The molecule has 3 aromatic rings. The quantitative estimate of drug-likeness (QED) is 0.373. The average Bonchev–Trinajstić information content (AvgIpc) is 3.69. The molecule has 4 atom stereocenters. The van der Waals surface area contributed by atoms with E-state index in [9.17, 15) is 9.50 Å². The lowest BCUT2D eigenvalue weighted by Crippen LogP contribution is -2.53. The summed E-state index contributed by atoms with van der Waals surface area (Å²) in [5.41, 5.74) is 0.0247. The van der Waals surface area contributed by atoms with Gasteiger partial charge in [-0.05, 0) is 61.9 Å². The number of ether oxygens (including phenoxy) is 2. The highest BCUT2D eigenvalue weighted by molar-refractivity contribution is 7.89. The van der Waals surface area contributed by atoms with Gasteiger partial charge in [-0.3, -0.25) is 9.21 Å². The summed E-state index contributed by atoms with van der Waals surface area (Å²) in [6.07, 6.45) is 10.5. The molecule has 0 radical (unpaired) electrons. The Morgan fingerprint density at radius 2 is 1.96 bits per heavy atom. The van der Waals surface area contributed by atoms with Crippen molar-refractivity contribution in [2.24, 2.45) is 0 Å². The average molecular weight is 691 g/mol. The monoisotopic (exact) mass is 690 g/mol. The van der Waals surface area contributed by atoms with Gasteiger partial charge in [0.2, 0.25) is 0 Å². The standard InChI is InChI=1S/C35H36F2N6O5S/c1-2-26-28(37)7-4-20-10-25(44)11-27(31(20)26)30-12-29-32(49(45,46)43(30)24-17-47-18-24)33(41-15-22-5-6-23(16-41)38-22)40-34(39-29)48-19-35-8-3-9-42(35)14-21(36)13-35/h1,4,7,10-12,21-24,38,44H,3,5-6,8-9,13-19H2/t21-,22?,23?,35+/m1/s1. The number of phenolic OH excluding ortho intramolecular Hbond substituents is 1. The molecule has 1 aromatic heterocycles. The van der Waals surface area contributed by atoms with Crippen LogP contribution in [0.2, 0.25) is 0 Å². The molecule has 0 spiro atoms. The van der Waals surface area contributed by atoms with Crippen molar-refractivity contribution in [3.05, 3.63) is 46.9 Å². The molecule has 2 N–H and O–H groups in total. The van der Waals surface area contributed by atoms with E-state index in [0.717, 1.165) is 32.2 Å². The van der Waals surface area contributed by atoms with Crippen molar-refractivity contribution in [3.63, 3.8) is 0 Å². The van der Waals surface area contributed by atoms with E-state index < -0.39 is 33.6 Å². The second-order valence-electron chi connectivity index (χ2n) is 14.1. The van der Waals surface area contributed by atoms with Crippen LogP contribution in [0.25, 0.3) is 22.5 Å². The Bertz CT molecular complexity index is 2060. The Hall–Kier alpha value is -4.03. The summed E-state index contributed by atoms with van der Waals surface area (Å²) in [6, 6.07) is 5.39. The van der Waals surface area contributed by atoms with Crippen LogP contribution in [0.4, 0.5) is 14.6 Å². The predicted molar refractivity (Wildman–Crippen MR) is 178 cm³/mol. The zero-order chi connectivity index (χ0) is 33.7. The number of phenols is 1. The van der Waals surface area contributed by atoms with Gasteiger partial charge in [0.15, 0.2) is 10.7 Å². The number of hydrogen-bond acceptors (Lipinski definition) is 10. The van der Waals surface area contributed by atoms with Crippen molar-refractivity contribution >= 4 is 38.4 Å². The van der Waals surface area contributed by atoms with Gasteiger partial charge in [0.05, 0.1) is 41.7 Å². The van der Waals surface area contributed by atoms with Crippen LogP contribution in [0.1, 0.15) is 48.9 Å². The van der Waals surface area contributed by atoms with E-state index in [4.69, 9.17) is 25.9 Å². The Balaban J connectivity index is 1.24. The van der Waals surface area contributed by atoms with Crippen molar-refractivity contribution in [1.82, 2.24) is 24.5 Å². The summed E-state index contributed by atoms with van der Waals surface area (Å²) in [6.45, 7) is 2.74. The van der Waals surface area contributed by atoms with Crippen LogP contribution >= 0.6 is 0 Å². The molecule has 0 amide bonds. The summed E-state index contributed by atoms with van der Waals surface area (Å²) in [4.78, 5) is 13.6. The number of sulfonamides is 1. The Kier molecular flexibility index (Phi) is 7.11. The lowest BCUT2D eigenvalue weighted by molar-refractivity contribution is -0.0230. The molecule has 0 aliphatic carbocycles. The van der Waals surface area contributed by atoms with Gasteiger partial charge in [0.1, 0.15) is 24.3 Å². The number of nitrogens with one attached hydrogen (secondary N) is 1. The maximum atomic E-state index is 15.2. The summed E-state index contributed by atoms with van der Waals surface area (Å²) >= 11 is 0. The zero-order valence-corrected chi connectivity index (χ0v) is 27.6. The van der Waals surface area contributed by atoms with Crippen LogP contribution < -0.4 is 15.0 Å². The number of anilines is 1. The third kappa shape index (κ3) is 4.88. The molecule has 49 heavy (non-hydrogen) atoms. The smallest absolute Gasteiger partial charge is 0.319 e. The van der Waals surface area contributed by atoms with Crippen molar-refractivity contribution in [2.75, 3.05) is 50.9 Å². The van der Waals surface area contributed by atoms with Crippen molar-refractivity contribution in [1.29, 1.82) is 0 Å². The Morgan fingerprint density at radius 3 is 2.69 bits per heavy atom. The molecular formula is C35H36F2N6O5S. The van der Waals surface area contributed by atoms with Crippen LogP contribution in [-0.4, -0.2) is 109 Å². The minimum Gasteiger partial charge on any atom is -0.508 e. The fraction of sp³-hybridized carbons (Fsp3) is 0.486. The fourth-order valence-corrected chi connectivity index (χ4v) is 10.7. The number of aromatic nitrogens is 2. The summed E-state index contributed by atoms with van der Waals surface area (Å²) in [5.74, 6) is 1.90. The number of benzene rings is 2. The van der Waals surface area contributed by atoms with Gasteiger partial charge in [-0.15, -0.1) is 6.42 Å². The number of hydrogen-bond donors (Lipinski definition) is 2. The first kappa shape index (κ1) is 31.0. The second-order valence-corrected chi connectivity index (χ2v) is 15.9. The normalized spacial score (nSPS) is 29.0. The molecular weight excluding hydrogens is 654 g/mol. The van der Waals surface area contributed by atoms with E-state index in [0.29, 0.717) is 36.8 Å². The highest BCUT2D eigenvalue weighted by atomic mass is 32.2. The number of terminal acetylenes is 1. The largest absolute Gasteiger partial charge is 0.508 e. The third-order valence-electron chi connectivity index (χ3n) is 11.1. The van der Waals surface area contributed by atoms with Gasteiger partial charge in [0.25, 0.3) is 10.0 Å². The second kappa shape index (κ2) is 11.2. The van der Waals surface area contributed by atoms with E-state index in [1.807, 2.05) is 4.90 Å². The highest BCUT2D eigenvalue weighted by Crippen LogP contribution is 2.46. The fourth-order valence-electron chi connectivity index (χ4n) is 8.81. The third-order valence-corrected chi connectivity index (χ3v) is 13.0. The van der Waals surface area contributed by atoms with Crippen LogP contribution in [0.3, 0.4) is 0 Å². The Morgan fingerprint density at radius 1 is 1.16 bits per heavy atom. The van der Waals surface area contributed by atoms with Gasteiger partial charge in [-0.2, -0.15) is 9.97 Å². The zero-order valence-electron chi connectivity index (χ0n) is 26.7. The maximum absolute atomic E-state index is 15.2. The molecule has 5 saturated heterocycles. The molecule has 256 valence electrons. The highest BCUT2D eigenvalue weighted by Gasteiger charge is 2.50. The maximum Gasteiger partial charge on any atom is 0.319 e. The summed E-state index contributed by atoms with van der Waals surface area (Å²) < 4.78 is 72.8. The van der Waals surface area contributed by atoms with Gasteiger partial charge in [-0.1, -0.05) is 12.0 Å². The van der Waals surface area contributed by atoms with E-state index in [-0.39, 0.29) is 76.9 Å². The molecule has 2 aromatic carbocycles. The summed E-state index contributed by atoms with van der Waals surface area (Å²) in [5, 5.41) is 15.2.